The number of carbonyl (C=O) groups excluding carboxylic acids is 3. The maximum Gasteiger partial charge on any atom is 0.306 e. The molecule has 0 aromatic heterocycles. The summed E-state index contributed by atoms with van der Waals surface area (Å²) in [7, 11) is 0. The van der Waals surface area contributed by atoms with E-state index in [0.717, 1.165) is 64.2 Å². The first-order chi connectivity index (χ1) is 35.0. The minimum Gasteiger partial charge on any atom is -0.462 e. The van der Waals surface area contributed by atoms with Crippen LogP contribution in [0.15, 0.2) is 97.2 Å². The molecule has 0 spiro atoms. The molecule has 0 N–H and O–H groups in total. The first-order valence-electron chi connectivity index (χ1n) is 29.7. The van der Waals surface area contributed by atoms with Crippen molar-refractivity contribution >= 4 is 17.9 Å². The monoisotopic (exact) mass is 987 g/mol. The van der Waals surface area contributed by atoms with E-state index in [2.05, 4.69) is 118 Å². The Balaban J connectivity index is 4.53. The number of esters is 3. The highest BCUT2D eigenvalue weighted by Crippen LogP contribution is 2.14. The number of hydrogen-bond acceptors (Lipinski definition) is 6. The molecule has 0 heterocycles. The van der Waals surface area contributed by atoms with Crippen molar-refractivity contribution in [2.24, 2.45) is 0 Å². The van der Waals surface area contributed by atoms with Crippen molar-refractivity contribution in [3.8, 4) is 0 Å². The van der Waals surface area contributed by atoms with Crippen LogP contribution >= 0.6 is 0 Å². The lowest BCUT2D eigenvalue weighted by Crippen LogP contribution is -2.30. The van der Waals surface area contributed by atoms with Crippen molar-refractivity contribution in [2.45, 2.75) is 284 Å². The quantitative estimate of drug-likeness (QED) is 0.0261. The van der Waals surface area contributed by atoms with Crippen LogP contribution in [0.3, 0.4) is 0 Å². The van der Waals surface area contributed by atoms with Gasteiger partial charge < -0.3 is 14.2 Å². The van der Waals surface area contributed by atoms with Crippen molar-refractivity contribution < 1.29 is 28.6 Å². The predicted molar refractivity (Wildman–Crippen MR) is 307 cm³/mol. The third-order valence-corrected chi connectivity index (χ3v) is 12.5. The van der Waals surface area contributed by atoms with Crippen LogP contribution in [-0.2, 0) is 28.6 Å². The number of rotatable bonds is 53. The Morgan fingerprint density at radius 2 is 0.521 bits per heavy atom. The van der Waals surface area contributed by atoms with Crippen molar-refractivity contribution in [3.05, 3.63) is 97.2 Å². The maximum absolute atomic E-state index is 12.9. The van der Waals surface area contributed by atoms with E-state index in [-0.39, 0.29) is 44.0 Å². The summed E-state index contributed by atoms with van der Waals surface area (Å²) < 4.78 is 16.8. The Hall–Kier alpha value is -3.67. The Kier molecular flexibility index (Phi) is 55.9. The van der Waals surface area contributed by atoms with Gasteiger partial charge in [-0.15, -0.1) is 0 Å². The van der Waals surface area contributed by atoms with E-state index in [4.69, 9.17) is 14.2 Å². The lowest BCUT2D eigenvalue weighted by atomic mass is 10.1. The molecule has 0 aliphatic carbocycles. The zero-order chi connectivity index (χ0) is 51.4. The van der Waals surface area contributed by atoms with Crippen LogP contribution in [0.25, 0.3) is 0 Å². The van der Waals surface area contributed by atoms with Crippen molar-refractivity contribution in [2.75, 3.05) is 13.2 Å². The maximum atomic E-state index is 12.9. The molecule has 0 aromatic rings. The van der Waals surface area contributed by atoms with E-state index in [1.54, 1.807) is 0 Å². The van der Waals surface area contributed by atoms with Crippen molar-refractivity contribution in [1.82, 2.24) is 0 Å². The summed E-state index contributed by atoms with van der Waals surface area (Å²) >= 11 is 0. The van der Waals surface area contributed by atoms with Gasteiger partial charge >= 0.3 is 17.9 Å². The number of allylic oxidation sites excluding steroid dienone is 16. The molecule has 0 fully saturated rings. The van der Waals surface area contributed by atoms with Gasteiger partial charge in [-0.1, -0.05) is 240 Å². The van der Waals surface area contributed by atoms with Gasteiger partial charge in [0.05, 0.1) is 0 Å². The minimum atomic E-state index is -0.822. The van der Waals surface area contributed by atoms with Gasteiger partial charge in [0.25, 0.3) is 0 Å². The summed E-state index contributed by atoms with van der Waals surface area (Å²) in [5.41, 5.74) is 0. The van der Waals surface area contributed by atoms with E-state index in [0.29, 0.717) is 19.3 Å². The predicted octanol–water partition coefficient (Wildman–Crippen LogP) is 20.1. The van der Waals surface area contributed by atoms with Gasteiger partial charge in [0.15, 0.2) is 6.10 Å². The number of unbranched alkanes of at least 4 members (excludes halogenated alkanes) is 26. The Morgan fingerprint density at radius 1 is 0.282 bits per heavy atom. The second-order valence-electron chi connectivity index (χ2n) is 19.5. The molecule has 0 rings (SSSR count). The summed E-state index contributed by atoms with van der Waals surface area (Å²) in [6, 6.07) is 0. The molecule has 0 aliphatic rings. The van der Waals surface area contributed by atoms with Gasteiger partial charge in [0.2, 0.25) is 0 Å². The molecule has 0 aliphatic heterocycles. The molecule has 6 nitrogen and oxygen atoms in total. The fraction of sp³-hybridized carbons (Fsp3) is 0.708. The number of hydrogen-bond donors (Lipinski definition) is 0. The third-order valence-electron chi connectivity index (χ3n) is 12.5. The number of ether oxygens (including phenoxy) is 3. The van der Waals surface area contributed by atoms with Crippen LogP contribution in [0.2, 0.25) is 0 Å². The zero-order valence-corrected chi connectivity index (χ0v) is 46.5. The summed E-state index contributed by atoms with van der Waals surface area (Å²) in [6.07, 6.45) is 78.4. The topological polar surface area (TPSA) is 78.9 Å². The van der Waals surface area contributed by atoms with Crippen LogP contribution in [-0.4, -0.2) is 37.2 Å². The standard InChI is InChI=1S/C65H110O6/c1-4-7-10-13-16-19-22-25-28-31-32-35-38-41-44-47-50-53-56-59-65(68)71-62(60-69-63(66)57-54-51-48-45-42-39-36-33-29-26-23-20-17-14-11-8-5-2)61-70-64(67)58-55-52-49-46-43-40-37-34-30-27-24-21-18-15-12-9-6-3/h16,19,25-30,36-37,39-40,45-46,48-49,62H,4-15,17-18,20-24,31-35,38,41-44,47,50-61H2,1-3H3/b19-16-,28-25-,29-26-,30-27-,39-36-,40-37-,48-45-,49-46-. The van der Waals surface area contributed by atoms with E-state index >= 15 is 0 Å². The Labute approximate surface area is 438 Å². The fourth-order valence-corrected chi connectivity index (χ4v) is 8.03. The van der Waals surface area contributed by atoms with Gasteiger partial charge in [-0.2, -0.15) is 0 Å². The summed E-state index contributed by atoms with van der Waals surface area (Å²) in [5, 5.41) is 0. The lowest BCUT2D eigenvalue weighted by Gasteiger charge is -2.18. The van der Waals surface area contributed by atoms with Gasteiger partial charge in [-0.3, -0.25) is 14.4 Å². The van der Waals surface area contributed by atoms with Crippen LogP contribution in [0.5, 0.6) is 0 Å². The molecular formula is C65H110O6. The van der Waals surface area contributed by atoms with E-state index in [1.165, 1.54) is 161 Å². The van der Waals surface area contributed by atoms with Crippen LogP contribution < -0.4 is 0 Å². The highest BCUT2D eigenvalue weighted by molar-refractivity contribution is 5.71. The molecule has 0 saturated heterocycles. The molecule has 0 amide bonds. The van der Waals surface area contributed by atoms with Gasteiger partial charge in [0, 0.05) is 19.3 Å². The molecule has 0 unspecified atom stereocenters. The normalized spacial score (nSPS) is 12.4. The molecule has 6 heteroatoms. The molecule has 71 heavy (non-hydrogen) atoms. The van der Waals surface area contributed by atoms with Crippen LogP contribution in [0, 0.1) is 0 Å². The average molecular weight is 988 g/mol. The smallest absolute Gasteiger partial charge is 0.306 e. The number of carbonyl (C=O) groups is 3. The highest BCUT2D eigenvalue weighted by Gasteiger charge is 2.19. The molecular weight excluding hydrogens is 877 g/mol. The second kappa shape index (κ2) is 58.9. The molecule has 0 bridgehead atoms. The summed E-state index contributed by atoms with van der Waals surface area (Å²) in [4.78, 5) is 38.2. The molecule has 0 radical (unpaired) electrons. The molecule has 0 atom stereocenters. The van der Waals surface area contributed by atoms with Gasteiger partial charge in [-0.25, -0.2) is 0 Å². The van der Waals surface area contributed by atoms with Gasteiger partial charge in [0.1, 0.15) is 13.2 Å². The Morgan fingerprint density at radius 3 is 0.859 bits per heavy atom. The average Bonchev–Trinajstić information content (AvgIpc) is 3.37. The largest absolute Gasteiger partial charge is 0.462 e. The fourth-order valence-electron chi connectivity index (χ4n) is 8.03. The van der Waals surface area contributed by atoms with E-state index in [9.17, 15) is 14.4 Å². The lowest BCUT2D eigenvalue weighted by molar-refractivity contribution is -0.167. The Bertz CT molecular complexity index is 1340. The van der Waals surface area contributed by atoms with Crippen LogP contribution in [0.1, 0.15) is 278 Å². The summed E-state index contributed by atoms with van der Waals surface area (Å²) in [6.45, 7) is 6.52. The van der Waals surface area contributed by atoms with Gasteiger partial charge in [-0.05, 0) is 116 Å². The van der Waals surface area contributed by atoms with Crippen molar-refractivity contribution in [3.63, 3.8) is 0 Å². The van der Waals surface area contributed by atoms with Crippen LogP contribution in [0.4, 0.5) is 0 Å². The highest BCUT2D eigenvalue weighted by atomic mass is 16.6. The summed E-state index contributed by atoms with van der Waals surface area (Å²) in [5.74, 6) is -1.02. The van der Waals surface area contributed by atoms with E-state index < -0.39 is 6.10 Å². The third kappa shape index (κ3) is 57.1. The van der Waals surface area contributed by atoms with Crippen molar-refractivity contribution in [1.29, 1.82) is 0 Å². The second-order valence-corrected chi connectivity index (χ2v) is 19.5. The molecule has 406 valence electrons. The SMILES string of the molecule is CCCCC/C=C\C/C=C\CCCCCCCCCCCC(=O)OC(COC(=O)CCC/C=C\C/C=C\C/C=C\CCCCCCCC)COC(=O)CCC/C=C\C/C=C\C/C=C\CCCCCCCC. The molecule has 0 aromatic carbocycles. The van der Waals surface area contributed by atoms with E-state index in [1.807, 2.05) is 0 Å². The molecule has 0 saturated carbocycles. The first-order valence-corrected chi connectivity index (χ1v) is 29.7. The first kappa shape index (κ1) is 67.3. The zero-order valence-electron chi connectivity index (χ0n) is 46.5. The minimum absolute atomic E-state index is 0.121.